The van der Waals surface area contributed by atoms with Crippen LogP contribution in [-0.2, 0) is 13.6 Å². The molecule has 23 heavy (non-hydrogen) atoms. The van der Waals surface area contributed by atoms with Crippen LogP contribution in [0.1, 0.15) is 30.9 Å². The van der Waals surface area contributed by atoms with Gasteiger partial charge in [0.05, 0.1) is 6.20 Å². The van der Waals surface area contributed by atoms with Crippen molar-refractivity contribution < 1.29 is 0 Å². The first kappa shape index (κ1) is 20.0. The van der Waals surface area contributed by atoms with Crippen LogP contribution >= 0.6 is 35.3 Å². The Kier molecular flexibility index (Phi) is 8.60. The lowest BCUT2D eigenvalue weighted by Gasteiger charge is -2.22. The summed E-state index contributed by atoms with van der Waals surface area (Å²) in [6.07, 6.45) is 3.93. The molecule has 0 aliphatic heterocycles. The van der Waals surface area contributed by atoms with Crippen molar-refractivity contribution >= 4 is 41.3 Å². The first-order valence-electron chi connectivity index (χ1n) is 7.59. The van der Waals surface area contributed by atoms with Gasteiger partial charge in [-0.1, -0.05) is 6.92 Å². The fourth-order valence-corrected chi connectivity index (χ4v) is 3.04. The van der Waals surface area contributed by atoms with E-state index in [-0.39, 0.29) is 24.0 Å². The second kappa shape index (κ2) is 9.92. The number of guanidine groups is 1. The lowest BCUT2D eigenvalue weighted by molar-refractivity contribution is 0.475. The number of aryl methyl sites for hydroxylation is 1. The lowest BCUT2D eigenvalue weighted by atomic mass is 10.1. The lowest BCUT2D eigenvalue weighted by Crippen LogP contribution is -2.38. The van der Waals surface area contributed by atoms with Crippen LogP contribution in [0.25, 0.3) is 0 Å². The van der Waals surface area contributed by atoms with E-state index in [1.165, 1.54) is 11.1 Å². The van der Waals surface area contributed by atoms with Crippen LogP contribution in [-0.4, -0.2) is 40.8 Å². The Balaban J connectivity index is 0.00000264. The van der Waals surface area contributed by atoms with E-state index in [2.05, 4.69) is 53.0 Å². The van der Waals surface area contributed by atoms with Crippen LogP contribution in [0.5, 0.6) is 0 Å². The summed E-state index contributed by atoms with van der Waals surface area (Å²) in [5.41, 5.74) is 2.54. The van der Waals surface area contributed by atoms with E-state index in [0.29, 0.717) is 5.92 Å². The maximum atomic E-state index is 4.78. The first-order valence-corrected chi connectivity index (χ1v) is 8.53. The van der Waals surface area contributed by atoms with E-state index in [9.17, 15) is 0 Å². The summed E-state index contributed by atoms with van der Waals surface area (Å²) in [5.74, 6) is 1.38. The molecule has 2 rings (SSSR count). The molecule has 0 aromatic carbocycles. The zero-order valence-corrected chi connectivity index (χ0v) is 17.3. The fourth-order valence-electron chi connectivity index (χ4n) is 2.26. The molecule has 2 heterocycles. The van der Waals surface area contributed by atoms with Crippen LogP contribution in [0, 0.1) is 0 Å². The number of thiophene rings is 1. The Labute approximate surface area is 159 Å². The van der Waals surface area contributed by atoms with Gasteiger partial charge in [0.2, 0.25) is 0 Å². The quantitative estimate of drug-likeness (QED) is 0.420. The molecule has 1 atom stereocenters. The second-order valence-corrected chi connectivity index (χ2v) is 6.31. The minimum absolute atomic E-state index is 0. The van der Waals surface area contributed by atoms with Crippen molar-refractivity contribution in [2.45, 2.75) is 26.3 Å². The molecule has 0 aliphatic carbocycles. The number of halogens is 1. The van der Waals surface area contributed by atoms with Gasteiger partial charge in [-0.05, 0) is 29.3 Å². The van der Waals surface area contributed by atoms with Crippen molar-refractivity contribution in [2.24, 2.45) is 12.0 Å². The second-order valence-electron chi connectivity index (χ2n) is 5.53. The molecule has 128 valence electrons. The van der Waals surface area contributed by atoms with Crippen molar-refractivity contribution in [3.8, 4) is 0 Å². The third-order valence-electron chi connectivity index (χ3n) is 3.50. The molecule has 0 amide bonds. The van der Waals surface area contributed by atoms with E-state index in [1.54, 1.807) is 11.3 Å². The number of nitrogens with one attached hydrogen (secondary N) is 1. The fraction of sp³-hybridized carbons (Fsp3) is 0.500. The Hall–Kier alpha value is -1.09. The van der Waals surface area contributed by atoms with Gasteiger partial charge in [-0.3, -0.25) is 9.67 Å². The van der Waals surface area contributed by atoms with E-state index in [0.717, 1.165) is 25.6 Å². The standard InChI is InChI=1S/C16H25N5S.HI/c1-5-17-16(18-8-13(2)15-6-7-22-12-15)20(3)10-14-9-19-21(4)11-14;/h6-7,9,11-13H,5,8,10H2,1-4H3,(H,17,18);1H. The SMILES string of the molecule is CCNC(=NCC(C)c1ccsc1)N(C)Cc1cnn(C)c1.I. The average molecular weight is 447 g/mol. The molecule has 0 spiro atoms. The minimum Gasteiger partial charge on any atom is -0.357 e. The summed E-state index contributed by atoms with van der Waals surface area (Å²) >= 11 is 1.74. The van der Waals surface area contributed by atoms with Crippen LogP contribution < -0.4 is 5.32 Å². The van der Waals surface area contributed by atoms with Gasteiger partial charge in [0.15, 0.2) is 5.96 Å². The number of nitrogens with zero attached hydrogens (tertiary/aromatic N) is 4. The number of hydrogen-bond acceptors (Lipinski definition) is 3. The Bertz CT molecular complexity index is 593. The Morgan fingerprint density at radius 1 is 1.52 bits per heavy atom. The first-order chi connectivity index (χ1) is 10.6. The predicted octanol–water partition coefficient (Wildman–Crippen LogP) is 3.30. The average Bonchev–Trinajstić information content (AvgIpc) is 3.14. The van der Waals surface area contributed by atoms with Gasteiger partial charge in [0.1, 0.15) is 0 Å². The molecule has 5 nitrogen and oxygen atoms in total. The molecule has 0 saturated carbocycles. The highest BCUT2D eigenvalue weighted by molar-refractivity contribution is 14.0. The molecule has 0 aliphatic rings. The van der Waals surface area contributed by atoms with Crippen LogP contribution in [0.3, 0.4) is 0 Å². The molecule has 0 bridgehead atoms. The molecule has 7 heteroatoms. The van der Waals surface area contributed by atoms with E-state index in [1.807, 2.05) is 24.1 Å². The van der Waals surface area contributed by atoms with Gasteiger partial charge in [-0.2, -0.15) is 16.4 Å². The van der Waals surface area contributed by atoms with Gasteiger partial charge in [0.25, 0.3) is 0 Å². The molecule has 1 N–H and O–H groups in total. The van der Waals surface area contributed by atoms with Crippen LogP contribution in [0.4, 0.5) is 0 Å². The van der Waals surface area contributed by atoms with Gasteiger partial charge in [-0.25, -0.2) is 0 Å². The largest absolute Gasteiger partial charge is 0.357 e. The number of aliphatic imine (C=N–C) groups is 1. The Morgan fingerprint density at radius 3 is 2.87 bits per heavy atom. The molecular weight excluding hydrogens is 421 g/mol. The molecule has 1 unspecified atom stereocenters. The summed E-state index contributed by atoms with van der Waals surface area (Å²) in [6.45, 7) is 6.76. The monoisotopic (exact) mass is 447 g/mol. The van der Waals surface area contributed by atoms with E-state index in [4.69, 9.17) is 4.99 Å². The summed E-state index contributed by atoms with van der Waals surface area (Å²) < 4.78 is 1.83. The van der Waals surface area contributed by atoms with Crippen molar-refractivity contribution in [3.63, 3.8) is 0 Å². The molecule has 0 saturated heterocycles. The van der Waals surface area contributed by atoms with E-state index >= 15 is 0 Å². The number of rotatable bonds is 6. The zero-order chi connectivity index (χ0) is 15.9. The third kappa shape index (κ3) is 6.14. The third-order valence-corrected chi connectivity index (χ3v) is 4.20. The van der Waals surface area contributed by atoms with Crippen LogP contribution in [0.2, 0.25) is 0 Å². The highest BCUT2D eigenvalue weighted by Crippen LogP contribution is 2.18. The van der Waals surface area contributed by atoms with Crippen molar-refractivity contribution in [1.82, 2.24) is 20.0 Å². The Morgan fingerprint density at radius 2 is 2.30 bits per heavy atom. The molecule has 2 aromatic heterocycles. The predicted molar refractivity (Wildman–Crippen MR) is 109 cm³/mol. The summed E-state index contributed by atoms with van der Waals surface area (Å²) in [4.78, 5) is 6.92. The normalized spacial score (nSPS) is 12.6. The molecule has 0 radical (unpaired) electrons. The van der Waals surface area contributed by atoms with Crippen molar-refractivity contribution in [2.75, 3.05) is 20.1 Å². The molecular formula is C16H26IN5S. The minimum atomic E-state index is 0. The maximum Gasteiger partial charge on any atom is 0.193 e. The summed E-state index contributed by atoms with van der Waals surface area (Å²) in [7, 11) is 4.00. The van der Waals surface area contributed by atoms with E-state index < -0.39 is 0 Å². The van der Waals surface area contributed by atoms with Gasteiger partial charge < -0.3 is 10.2 Å². The van der Waals surface area contributed by atoms with Gasteiger partial charge in [-0.15, -0.1) is 24.0 Å². The molecule has 0 fully saturated rings. The topological polar surface area (TPSA) is 45.5 Å². The highest BCUT2D eigenvalue weighted by atomic mass is 127. The number of hydrogen-bond donors (Lipinski definition) is 1. The van der Waals surface area contributed by atoms with Gasteiger partial charge in [0, 0.05) is 51.4 Å². The highest BCUT2D eigenvalue weighted by Gasteiger charge is 2.10. The van der Waals surface area contributed by atoms with Crippen molar-refractivity contribution in [3.05, 3.63) is 40.3 Å². The maximum absolute atomic E-state index is 4.78. The van der Waals surface area contributed by atoms with Gasteiger partial charge >= 0.3 is 0 Å². The summed E-state index contributed by atoms with van der Waals surface area (Å²) in [6, 6.07) is 2.18. The zero-order valence-electron chi connectivity index (χ0n) is 14.2. The van der Waals surface area contributed by atoms with Crippen molar-refractivity contribution in [1.29, 1.82) is 0 Å². The smallest absolute Gasteiger partial charge is 0.193 e. The molecule has 2 aromatic rings. The number of aromatic nitrogens is 2. The van der Waals surface area contributed by atoms with Crippen LogP contribution in [0.15, 0.2) is 34.2 Å². The summed E-state index contributed by atoms with van der Waals surface area (Å²) in [5, 5.41) is 11.9.